The summed E-state index contributed by atoms with van der Waals surface area (Å²) in [5.41, 5.74) is 8.56. The maximum Gasteiger partial charge on any atom is 0.258 e. The molecule has 0 spiro atoms. The molecular weight excluding hydrogens is 258 g/mol. The lowest BCUT2D eigenvalue weighted by molar-refractivity contribution is 0.420. The van der Waals surface area contributed by atoms with Crippen LogP contribution < -0.4 is 5.73 Å². The van der Waals surface area contributed by atoms with Crippen molar-refractivity contribution in [2.45, 2.75) is 31.4 Å². The van der Waals surface area contributed by atoms with Gasteiger partial charge in [0, 0.05) is 11.3 Å². The Balaban J connectivity index is 1.89. The van der Waals surface area contributed by atoms with Crippen molar-refractivity contribution < 1.29 is 4.52 Å². The van der Waals surface area contributed by atoms with Crippen molar-refractivity contribution in [2.75, 3.05) is 11.5 Å². The molecule has 1 fully saturated rings. The van der Waals surface area contributed by atoms with E-state index in [-0.39, 0.29) is 0 Å². The molecule has 0 aliphatic carbocycles. The van der Waals surface area contributed by atoms with Gasteiger partial charge in [0.2, 0.25) is 0 Å². The molecule has 2 aromatic rings. The van der Waals surface area contributed by atoms with E-state index < -0.39 is 0 Å². The summed E-state index contributed by atoms with van der Waals surface area (Å²) in [5, 5.41) is 4.52. The van der Waals surface area contributed by atoms with Crippen LogP contribution in [0.4, 0.5) is 5.69 Å². The molecule has 0 bridgehead atoms. The second-order valence-electron chi connectivity index (χ2n) is 4.89. The number of benzene rings is 1. The fraction of sp³-hybridized carbons (Fsp3) is 0.429. The zero-order valence-corrected chi connectivity index (χ0v) is 11.7. The van der Waals surface area contributed by atoms with Crippen molar-refractivity contribution in [3.8, 4) is 11.5 Å². The van der Waals surface area contributed by atoms with Gasteiger partial charge in [-0.05, 0) is 43.2 Å². The summed E-state index contributed by atoms with van der Waals surface area (Å²) in [5.74, 6) is 2.58. The number of anilines is 1. The predicted octanol–water partition coefficient (Wildman–Crippen LogP) is 3.59. The highest BCUT2D eigenvalue weighted by atomic mass is 32.2. The molecule has 100 valence electrons. The number of nitrogens with zero attached hydrogens (tertiary/aromatic N) is 2. The summed E-state index contributed by atoms with van der Waals surface area (Å²) in [6, 6.07) is 5.75. The predicted molar refractivity (Wildman–Crippen MR) is 77.9 cm³/mol. The Morgan fingerprint density at radius 1 is 1.37 bits per heavy atom. The zero-order valence-electron chi connectivity index (χ0n) is 10.9. The largest absolute Gasteiger partial charge is 0.399 e. The van der Waals surface area contributed by atoms with Gasteiger partial charge in [0.15, 0.2) is 5.82 Å². The summed E-state index contributed by atoms with van der Waals surface area (Å²) in [4.78, 5) is 4.55. The summed E-state index contributed by atoms with van der Waals surface area (Å²) >= 11 is 1.92. The summed E-state index contributed by atoms with van der Waals surface area (Å²) in [6.07, 6.45) is 3.68. The van der Waals surface area contributed by atoms with E-state index in [9.17, 15) is 0 Å². The first-order chi connectivity index (χ1) is 9.24. The maximum atomic E-state index is 5.82. The quantitative estimate of drug-likeness (QED) is 0.848. The van der Waals surface area contributed by atoms with Crippen LogP contribution in [0.15, 0.2) is 22.7 Å². The number of aryl methyl sites for hydroxylation is 1. The second-order valence-corrected chi connectivity index (χ2v) is 6.20. The van der Waals surface area contributed by atoms with Crippen molar-refractivity contribution in [2.24, 2.45) is 0 Å². The molecule has 2 N–H and O–H groups in total. The molecular formula is C14H17N3OS. The van der Waals surface area contributed by atoms with Crippen molar-refractivity contribution in [1.29, 1.82) is 0 Å². The first-order valence-electron chi connectivity index (χ1n) is 6.56. The van der Waals surface area contributed by atoms with Crippen LogP contribution in [0.1, 0.15) is 35.9 Å². The van der Waals surface area contributed by atoms with Crippen LogP contribution >= 0.6 is 11.8 Å². The van der Waals surface area contributed by atoms with E-state index in [4.69, 9.17) is 10.3 Å². The van der Waals surface area contributed by atoms with Crippen molar-refractivity contribution in [1.82, 2.24) is 10.1 Å². The zero-order chi connectivity index (χ0) is 13.2. The first-order valence-corrected chi connectivity index (χ1v) is 7.60. The molecule has 0 radical (unpaired) electrons. The van der Waals surface area contributed by atoms with Gasteiger partial charge in [0.25, 0.3) is 5.89 Å². The highest BCUT2D eigenvalue weighted by Crippen LogP contribution is 2.37. The Morgan fingerprint density at radius 3 is 3.05 bits per heavy atom. The van der Waals surface area contributed by atoms with Crippen molar-refractivity contribution in [3.05, 3.63) is 29.6 Å². The fourth-order valence-corrected chi connectivity index (χ4v) is 3.52. The Morgan fingerprint density at radius 2 is 2.26 bits per heavy atom. The first kappa shape index (κ1) is 12.5. The lowest BCUT2D eigenvalue weighted by Gasteiger charge is -2.17. The van der Waals surface area contributed by atoms with Crippen LogP contribution in [-0.2, 0) is 0 Å². The Kier molecular flexibility index (Phi) is 3.46. The second kappa shape index (κ2) is 5.25. The number of hydrogen-bond donors (Lipinski definition) is 1. The number of aromatic nitrogens is 2. The van der Waals surface area contributed by atoms with Crippen LogP contribution in [0.25, 0.3) is 11.5 Å². The smallest absolute Gasteiger partial charge is 0.258 e. The van der Waals surface area contributed by atoms with Gasteiger partial charge >= 0.3 is 0 Å². The molecule has 1 aromatic heterocycles. The van der Waals surface area contributed by atoms with Crippen LogP contribution in [0.5, 0.6) is 0 Å². The maximum absolute atomic E-state index is 5.82. The van der Waals surface area contributed by atoms with E-state index in [1.165, 1.54) is 18.6 Å². The average Bonchev–Trinajstić information content (AvgIpc) is 2.92. The third-order valence-corrected chi connectivity index (χ3v) is 4.77. The SMILES string of the molecule is Cc1ccc(N)cc1-c1nc(C2CCCCS2)no1. The fourth-order valence-electron chi connectivity index (χ4n) is 2.29. The van der Waals surface area contributed by atoms with E-state index in [2.05, 4.69) is 10.1 Å². The van der Waals surface area contributed by atoms with Crippen LogP contribution in [0, 0.1) is 6.92 Å². The van der Waals surface area contributed by atoms with E-state index in [1.807, 2.05) is 36.9 Å². The normalized spacial score (nSPS) is 19.5. The molecule has 0 amide bonds. The Labute approximate surface area is 116 Å². The molecule has 1 saturated heterocycles. The minimum absolute atomic E-state index is 0.382. The van der Waals surface area contributed by atoms with Crippen LogP contribution in [-0.4, -0.2) is 15.9 Å². The van der Waals surface area contributed by atoms with Gasteiger partial charge in [-0.2, -0.15) is 16.7 Å². The van der Waals surface area contributed by atoms with Gasteiger partial charge in [-0.3, -0.25) is 0 Å². The highest BCUT2D eigenvalue weighted by molar-refractivity contribution is 7.99. The van der Waals surface area contributed by atoms with Gasteiger partial charge in [0.05, 0.1) is 5.25 Å². The summed E-state index contributed by atoms with van der Waals surface area (Å²) < 4.78 is 5.41. The molecule has 5 heteroatoms. The molecule has 2 heterocycles. The molecule has 1 atom stereocenters. The van der Waals surface area contributed by atoms with E-state index >= 15 is 0 Å². The van der Waals surface area contributed by atoms with Crippen LogP contribution in [0.2, 0.25) is 0 Å². The Bertz CT molecular complexity index is 576. The van der Waals surface area contributed by atoms with Crippen molar-refractivity contribution in [3.63, 3.8) is 0 Å². The number of nitrogen functional groups attached to an aromatic ring is 1. The molecule has 1 aliphatic heterocycles. The lowest BCUT2D eigenvalue weighted by Crippen LogP contribution is -2.03. The molecule has 4 nitrogen and oxygen atoms in total. The third-order valence-electron chi connectivity index (χ3n) is 3.40. The molecule has 1 unspecified atom stereocenters. The lowest BCUT2D eigenvalue weighted by atomic mass is 10.1. The number of thioether (sulfide) groups is 1. The summed E-state index contributed by atoms with van der Waals surface area (Å²) in [7, 11) is 0. The van der Waals surface area contributed by atoms with Gasteiger partial charge in [0.1, 0.15) is 0 Å². The third kappa shape index (κ3) is 2.61. The van der Waals surface area contributed by atoms with Gasteiger partial charge in [-0.15, -0.1) is 0 Å². The standard InChI is InChI=1S/C14H17N3OS/c1-9-5-6-10(15)8-11(9)14-16-13(17-18-14)12-4-2-3-7-19-12/h5-6,8,12H,2-4,7,15H2,1H3. The monoisotopic (exact) mass is 275 g/mol. The van der Waals surface area contributed by atoms with Gasteiger partial charge in [-0.1, -0.05) is 17.6 Å². The highest BCUT2D eigenvalue weighted by Gasteiger charge is 2.22. The minimum Gasteiger partial charge on any atom is -0.399 e. The topological polar surface area (TPSA) is 64.9 Å². The van der Waals surface area contributed by atoms with E-state index in [1.54, 1.807) is 0 Å². The van der Waals surface area contributed by atoms with Gasteiger partial charge < -0.3 is 10.3 Å². The number of hydrogen-bond acceptors (Lipinski definition) is 5. The van der Waals surface area contributed by atoms with Crippen LogP contribution in [0.3, 0.4) is 0 Å². The molecule has 1 aromatic carbocycles. The van der Waals surface area contributed by atoms with E-state index in [0.29, 0.717) is 16.8 Å². The molecule has 19 heavy (non-hydrogen) atoms. The minimum atomic E-state index is 0.382. The van der Waals surface area contributed by atoms with E-state index in [0.717, 1.165) is 23.4 Å². The summed E-state index contributed by atoms with van der Waals surface area (Å²) in [6.45, 7) is 2.02. The molecule has 3 rings (SSSR count). The number of rotatable bonds is 2. The number of nitrogens with two attached hydrogens (primary N) is 1. The van der Waals surface area contributed by atoms with Gasteiger partial charge in [-0.25, -0.2) is 0 Å². The molecule has 1 aliphatic rings. The average molecular weight is 275 g/mol. The Hall–Kier alpha value is -1.49. The van der Waals surface area contributed by atoms with Crippen molar-refractivity contribution >= 4 is 17.4 Å². The molecule has 0 saturated carbocycles.